The number of carboxylic acid groups (broad SMARTS) is 1. The largest absolute Gasteiger partial charge is 0.481 e. The summed E-state index contributed by atoms with van der Waals surface area (Å²) in [5.74, 6) is -2.60. The number of fused-ring (bicyclic) bond motifs is 3. The lowest BCUT2D eigenvalue weighted by molar-refractivity contribution is -0.148. The number of amides is 2. The minimum absolute atomic E-state index is 0.0299. The fourth-order valence-corrected chi connectivity index (χ4v) is 7.32. The second kappa shape index (κ2) is 7.27. The SMILES string of the molecule is CC(C)=C1[C@H]2CC[C@H]1[C@@H](C(=O)O)[C@H]2C(=O)Nc1sc2c(c1C(N)=O)CC[C@H](C)C2. The Morgan fingerprint density at radius 2 is 1.76 bits per heavy atom. The number of allylic oxidation sites excluding steroid dienone is 2. The van der Waals surface area contributed by atoms with Crippen LogP contribution in [0.15, 0.2) is 11.1 Å². The number of thiophene rings is 1. The maximum atomic E-state index is 13.3. The van der Waals surface area contributed by atoms with Crippen LogP contribution in [0.3, 0.4) is 0 Å². The van der Waals surface area contributed by atoms with E-state index in [1.54, 1.807) is 0 Å². The Balaban J connectivity index is 1.67. The van der Waals surface area contributed by atoms with E-state index in [0.717, 1.165) is 53.7 Å². The highest BCUT2D eigenvalue weighted by Gasteiger charge is 2.57. The lowest BCUT2D eigenvalue weighted by atomic mass is 9.78. The molecule has 0 saturated heterocycles. The standard InChI is InChI=1S/C22H28N2O4S/c1-9(2)15-12-6-7-13(15)17(22(27)28)16(12)20(26)24-21-18(19(23)25)11-5-4-10(3)8-14(11)29-21/h10,12-13,16-17H,4-8H2,1-3H3,(H2,23,25)(H,24,26)(H,27,28)/t10-,12+,13+,16-,17+/m0/s1. The molecule has 4 N–H and O–H groups in total. The third-order valence-electron chi connectivity index (χ3n) is 7.00. The van der Waals surface area contributed by atoms with Gasteiger partial charge in [0.25, 0.3) is 5.91 Å². The molecule has 0 spiro atoms. The first-order valence-corrected chi connectivity index (χ1v) is 11.2. The van der Waals surface area contributed by atoms with Crippen molar-refractivity contribution < 1.29 is 19.5 Å². The third-order valence-corrected chi connectivity index (χ3v) is 8.17. The van der Waals surface area contributed by atoms with Crippen LogP contribution in [0.4, 0.5) is 5.00 Å². The van der Waals surface area contributed by atoms with Crippen LogP contribution in [0.5, 0.6) is 0 Å². The molecule has 0 unspecified atom stereocenters. The number of aliphatic carboxylic acids is 1. The van der Waals surface area contributed by atoms with Crippen molar-refractivity contribution >= 4 is 34.1 Å². The van der Waals surface area contributed by atoms with Crippen LogP contribution in [-0.4, -0.2) is 22.9 Å². The monoisotopic (exact) mass is 416 g/mol. The van der Waals surface area contributed by atoms with Crippen LogP contribution in [0, 0.1) is 29.6 Å². The quantitative estimate of drug-likeness (QED) is 0.651. The molecule has 2 saturated carbocycles. The number of nitrogens with two attached hydrogens (primary N) is 1. The highest BCUT2D eigenvalue weighted by atomic mass is 32.1. The summed E-state index contributed by atoms with van der Waals surface area (Å²) in [5, 5.41) is 13.3. The van der Waals surface area contributed by atoms with Gasteiger partial charge in [-0.3, -0.25) is 14.4 Å². The summed E-state index contributed by atoms with van der Waals surface area (Å²) >= 11 is 1.43. The molecule has 156 valence electrons. The lowest BCUT2D eigenvalue weighted by Gasteiger charge is -2.26. The number of rotatable bonds is 4. The molecule has 29 heavy (non-hydrogen) atoms. The third kappa shape index (κ3) is 3.19. The van der Waals surface area contributed by atoms with Gasteiger partial charge in [0, 0.05) is 4.88 Å². The minimum atomic E-state index is -0.912. The number of carbonyl (C=O) groups excluding carboxylic acids is 2. The molecule has 4 rings (SSSR count). The number of primary amides is 1. The number of hydrogen-bond acceptors (Lipinski definition) is 4. The van der Waals surface area contributed by atoms with Gasteiger partial charge in [-0.2, -0.15) is 0 Å². The molecule has 3 aliphatic carbocycles. The van der Waals surface area contributed by atoms with Gasteiger partial charge < -0.3 is 16.2 Å². The molecule has 2 amide bonds. The molecule has 1 aromatic heterocycles. The zero-order valence-electron chi connectivity index (χ0n) is 17.1. The second-order valence-electron chi connectivity index (χ2n) is 9.04. The van der Waals surface area contributed by atoms with Crippen molar-refractivity contribution in [2.75, 3.05) is 5.32 Å². The molecule has 1 heterocycles. The van der Waals surface area contributed by atoms with Crippen molar-refractivity contribution in [3.8, 4) is 0 Å². The number of anilines is 1. The van der Waals surface area contributed by atoms with Crippen LogP contribution in [-0.2, 0) is 22.4 Å². The molecule has 0 aliphatic heterocycles. The molecular formula is C22H28N2O4S. The van der Waals surface area contributed by atoms with E-state index in [-0.39, 0.29) is 17.7 Å². The average Bonchev–Trinajstić information content (AvgIpc) is 3.29. The molecule has 2 fully saturated rings. The van der Waals surface area contributed by atoms with Gasteiger partial charge in [0.1, 0.15) is 5.00 Å². The number of nitrogens with one attached hydrogen (secondary N) is 1. The van der Waals surface area contributed by atoms with Crippen molar-refractivity contribution in [2.45, 2.75) is 52.9 Å². The Bertz CT molecular complexity index is 927. The van der Waals surface area contributed by atoms with E-state index in [0.29, 0.717) is 16.5 Å². The molecule has 0 radical (unpaired) electrons. The first kappa shape index (κ1) is 20.1. The Labute approximate surface area is 174 Å². The predicted octanol–water partition coefficient (Wildman–Crippen LogP) is 3.60. The van der Waals surface area contributed by atoms with Gasteiger partial charge in [0.2, 0.25) is 5.91 Å². The summed E-state index contributed by atoms with van der Waals surface area (Å²) in [6.07, 6.45) is 4.32. The Hall–Kier alpha value is -2.15. The summed E-state index contributed by atoms with van der Waals surface area (Å²) in [7, 11) is 0. The average molecular weight is 417 g/mol. The van der Waals surface area contributed by atoms with Gasteiger partial charge in [-0.05, 0) is 69.3 Å². The van der Waals surface area contributed by atoms with Crippen LogP contribution < -0.4 is 11.1 Å². The van der Waals surface area contributed by atoms with E-state index >= 15 is 0 Å². The van der Waals surface area contributed by atoms with Crippen LogP contribution in [0.1, 0.15) is 60.8 Å². The van der Waals surface area contributed by atoms with Crippen molar-refractivity contribution in [1.29, 1.82) is 0 Å². The van der Waals surface area contributed by atoms with Crippen LogP contribution >= 0.6 is 11.3 Å². The van der Waals surface area contributed by atoms with Gasteiger partial charge in [0.15, 0.2) is 0 Å². The number of carboxylic acids is 1. The number of carbonyl (C=O) groups is 3. The summed E-state index contributed by atoms with van der Waals surface area (Å²) in [6, 6.07) is 0. The Kier molecular flexibility index (Phi) is 5.05. The fourth-order valence-electron chi connectivity index (χ4n) is 5.90. The van der Waals surface area contributed by atoms with Gasteiger partial charge >= 0.3 is 5.97 Å². The van der Waals surface area contributed by atoms with Crippen LogP contribution in [0.2, 0.25) is 0 Å². The molecule has 3 aliphatic rings. The molecular weight excluding hydrogens is 388 g/mol. The topological polar surface area (TPSA) is 109 Å². The van der Waals surface area contributed by atoms with E-state index in [9.17, 15) is 19.5 Å². The van der Waals surface area contributed by atoms with E-state index in [1.165, 1.54) is 11.3 Å². The second-order valence-corrected chi connectivity index (χ2v) is 10.2. The van der Waals surface area contributed by atoms with Crippen molar-refractivity contribution in [1.82, 2.24) is 0 Å². The van der Waals surface area contributed by atoms with E-state index in [1.807, 2.05) is 13.8 Å². The maximum absolute atomic E-state index is 13.3. The molecule has 7 heteroatoms. The van der Waals surface area contributed by atoms with Crippen molar-refractivity contribution in [3.63, 3.8) is 0 Å². The molecule has 5 atom stereocenters. The van der Waals surface area contributed by atoms with Gasteiger partial charge in [-0.25, -0.2) is 0 Å². The van der Waals surface area contributed by atoms with Gasteiger partial charge in [0.05, 0.1) is 17.4 Å². The minimum Gasteiger partial charge on any atom is -0.481 e. The highest BCUT2D eigenvalue weighted by molar-refractivity contribution is 7.17. The van der Waals surface area contributed by atoms with Crippen LogP contribution in [0.25, 0.3) is 0 Å². The normalized spacial score (nSPS) is 30.2. The summed E-state index contributed by atoms with van der Waals surface area (Å²) in [6.45, 7) is 6.18. The van der Waals surface area contributed by atoms with Gasteiger partial charge in [-0.1, -0.05) is 18.1 Å². The summed E-state index contributed by atoms with van der Waals surface area (Å²) in [4.78, 5) is 38.6. The predicted molar refractivity (Wildman–Crippen MR) is 112 cm³/mol. The zero-order chi connectivity index (χ0) is 21.0. The molecule has 2 bridgehead atoms. The molecule has 1 aromatic rings. The molecule has 6 nitrogen and oxygen atoms in total. The maximum Gasteiger partial charge on any atom is 0.307 e. The summed E-state index contributed by atoms with van der Waals surface area (Å²) in [5.41, 5.74) is 9.31. The Morgan fingerprint density at radius 1 is 1.10 bits per heavy atom. The zero-order valence-corrected chi connectivity index (χ0v) is 17.9. The first-order chi connectivity index (χ1) is 13.7. The highest BCUT2D eigenvalue weighted by Crippen LogP contribution is 2.57. The van der Waals surface area contributed by atoms with E-state index in [2.05, 4.69) is 12.2 Å². The lowest BCUT2D eigenvalue weighted by Crippen LogP contribution is -2.38. The first-order valence-electron chi connectivity index (χ1n) is 10.4. The van der Waals surface area contributed by atoms with E-state index < -0.39 is 23.7 Å². The van der Waals surface area contributed by atoms with E-state index in [4.69, 9.17) is 5.73 Å². The fraction of sp³-hybridized carbons (Fsp3) is 0.591. The summed E-state index contributed by atoms with van der Waals surface area (Å²) < 4.78 is 0. The smallest absolute Gasteiger partial charge is 0.307 e. The number of hydrogen-bond donors (Lipinski definition) is 3. The van der Waals surface area contributed by atoms with Gasteiger partial charge in [-0.15, -0.1) is 11.3 Å². The molecule has 0 aromatic carbocycles. The van der Waals surface area contributed by atoms with Crippen molar-refractivity contribution in [3.05, 3.63) is 27.2 Å². The Morgan fingerprint density at radius 3 is 2.34 bits per heavy atom. The van der Waals surface area contributed by atoms with Crippen molar-refractivity contribution in [2.24, 2.45) is 35.3 Å².